The van der Waals surface area contributed by atoms with Crippen LogP contribution in [0.15, 0.2) is 48.5 Å². The van der Waals surface area contributed by atoms with E-state index in [4.69, 9.17) is 9.84 Å². The summed E-state index contributed by atoms with van der Waals surface area (Å²) in [6.07, 6.45) is 0. The van der Waals surface area contributed by atoms with Crippen molar-refractivity contribution in [3.05, 3.63) is 52.1 Å². The van der Waals surface area contributed by atoms with Crippen molar-refractivity contribution in [2.75, 3.05) is 7.11 Å². The molecule has 0 aliphatic heterocycles. The molecule has 0 radical (unpaired) electrons. The predicted octanol–water partition coefficient (Wildman–Crippen LogP) is 4.13. The zero-order valence-electron chi connectivity index (χ0n) is 12.1. The van der Waals surface area contributed by atoms with E-state index in [0.29, 0.717) is 5.82 Å². The fraction of sp³-hybridized carbons (Fsp3) is 0.0625. The van der Waals surface area contributed by atoms with Crippen LogP contribution in [0, 0.1) is 3.57 Å². The van der Waals surface area contributed by atoms with Crippen molar-refractivity contribution in [2.24, 2.45) is 0 Å². The molecular weight excluding hydrogens is 423 g/mol. The highest BCUT2D eigenvalue weighted by Gasteiger charge is 2.17. The van der Waals surface area contributed by atoms with Crippen molar-refractivity contribution >= 4 is 38.9 Å². The molecule has 2 heterocycles. The summed E-state index contributed by atoms with van der Waals surface area (Å²) in [7, 11) is 1.65. The lowest BCUT2D eigenvalue weighted by Gasteiger charge is -2.04. The van der Waals surface area contributed by atoms with Crippen LogP contribution in [0.2, 0.25) is 0 Å². The molecule has 0 bridgehead atoms. The Morgan fingerprint density at radius 1 is 1.00 bits per heavy atom. The highest BCUT2D eigenvalue weighted by atomic mass is 127. The highest BCUT2D eigenvalue weighted by molar-refractivity contribution is 14.1. The van der Waals surface area contributed by atoms with E-state index in [0.717, 1.165) is 30.4 Å². The van der Waals surface area contributed by atoms with Gasteiger partial charge in [-0.1, -0.05) is 41.7 Å². The number of ether oxygens (including phenoxy) is 1. The summed E-state index contributed by atoms with van der Waals surface area (Å²) in [6.45, 7) is 0. The maximum atomic E-state index is 5.42. The number of benzene rings is 2. The number of aromatic nitrogens is 4. The van der Waals surface area contributed by atoms with Gasteiger partial charge >= 0.3 is 0 Å². The maximum Gasteiger partial charge on any atom is 0.235 e. The van der Waals surface area contributed by atoms with Gasteiger partial charge in [-0.25, -0.2) is 0 Å². The molecule has 0 fully saturated rings. The van der Waals surface area contributed by atoms with E-state index in [2.05, 4.69) is 44.9 Å². The number of para-hydroxylation sites is 1. The quantitative estimate of drug-likeness (QED) is 0.455. The second kappa shape index (κ2) is 5.89. The van der Waals surface area contributed by atoms with Gasteiger partial charge in [0.25, 0.3) is 0 Å². The number of methoxy groups -OCH3 is 1. The summed E-state index contributed by atoms with van der Waals surface area (Å²) in [4.78, 5) is 0.764. The van der Waals surface area contributed by atoms with Crippen LogP contribution in [0.3, 0.4) is 0 Å². The van der Waals surface area contributed by atoms with Gasteiger partial charge in [0.2, 0.25) is 4.96 Å². The van der Waals surface area contributed by atoms with Gasteiger partial charge in [0.1, 0.15) is 10.8 Å². The molecule has 7 heteroatoms. The molecule has 0 saturated heterocycles. The van der Waals surface area contributed by atoms with E-state index >= 15 is 0 Å². The smallest absolute Gasteiger partial charge is 0.235 e. The number of rotatable bonds is 3. The molecule has 0 atom stereocenters. The Balaban J connectivity index is 1.89. The average Bonchev–Trinajstić information content (AvgIpc) is 3.15. The Hall–Kier alpha value is -2.00. The standard InChI is InChI=1S/C16H11IN4OS/c1-22-13-9-5-3-7-11(13)14-18-19-16-21(14)20-15(23-16)10-6-2-4-8-12(10)17/h2-9H,1H3. The van der Waals surface area contributed by atoms with Gasteiger partial charge in [-0.3, -0.25) is 0 Å². The molecule has 4 aromatic rings. The van der Waals surface area contributed by atoms with Gasteiger partial charge in [-0.15, -0.1) is 10.2 Å². The van der Waals surface area contributed by atoms with Crippen LogP contribution >= 0.6 is 33.9 Å². The fourth-order valence-electron chi connectivity index (χ4n) is 2.36. The maximum absolute atomic E-state index is 5.42. The summed E-state index contributed by atoms with van der Waals surface area (Å²) in [5.41, 5.74) is 1.98. The first-order valence-corrected chi connectivity index (χ1v) is 8.78. The van der Waals surface area contributed by atoms with Crippen LogP contribution < -0.4 is 4.74 Å². The number of fused-ring (bicyclic) bond motifs is 1. The first-order valence-electron chi connectivity index (χ1n) is 6.88. The SMILES string of the molecule is COc1ccccc1-c1nnc2sc(-c3ccccc3I)nn12. The lowest BCUT2D eigenvalue weighted by atomic mass is 10.2. The Bertz CT molecular complexity index is 995. The van der Waals surface area contributed by atoms with Crippen molar-refractivity contribution in [2.45, 2.75) is 0 Å². The molecule has 2 aromatic heterocycles. The Labute approximate surface area is 150 Å². The van der Waals surface area contributed by atoms with Crippen LogP contribution in [0.25, 0.3) is 26.9 Å². The minimum absolute atomic E-state index is 0.686. The third-order valence-corrected chi connectivity index (χ3v) is 5.32. The molecule has 0 N–H and O–H groups in total. The minimum Gasteiger partial charge on any atom is -0.496 e. The average molecular weight is 434 g/mol. The minimum atomic E-state index is 0.686. The molecule has 5 nitrogen and oxygen atoms in total. The van der Waals surface area contributed by atoms with Crippen LogP contribution in [-0.4, -0.2) is 26.9 Å². The van der Waals surface area contributed by atoms with Crippen LogP contribution in [-0.2, 0) is 0 Å². The highest BCUT2D eigenvalue weighted by Crippen LogP contribution is 2.33. The third-order valence-electron chi connectivity index (χ3n) is 3.44. The number of halogens is 1. The lowest BCUT2D eigenvalue weighted by molar-refractivity contribution is 0.416. The Kier molecular flexibility index (Phi) is 3.74. The van der Waals surface area contributed by atoms with Crippen molar-refractivity contribution in [3.8, 4) is 27.7 Å². The molecule has 2 aromatic carbocycles. The van der Waals surface area contributed by atoms with E-state index in [1.54, 1.807) is 11.6 Å². The topological polar surface area (TPSA) is 52.3 Å². The molecule has 0 unspecified atom stereocenters. The summed E-state index contributed by atoms with van der Waals surface area (Å²) >= 11 is 3.85. The third kappa shape index (κ3) is 2.49. The van der Waals surface area contributed by atoms with E-state index in [-0.39, 0.29) is 0 Å². The van der Waals surface area contributed by atoms with Crippen molar-refractivity contribution < 1.29 is 4.74 Å². The summed E-state index contributed by atoms with van der Waals surface area (Å²) in [6, 6.07) is 15.9. The van der Waals surface area contributed by atoms with Gasteiger partial charge < -0.3 is 4.74 Å². The molecular formula is C16H11IN4OS. The van der Waals surface area contributed by atoms with Gasteiger partial charge in [0.15, 0.2) is 5.82 Å². The van der Waals surface area contributed by atoms with Gasteiger partial charge in [0, 0.05) is 9.13 Å². The van der Waals surface area contributed by atoms with Crippen LogP contribution in [0.5, 0.6) is 5.75 Å². The normalized spacial score (nSPS) is 11.0. The number of hydrogen-bond acceptors (Lipinski definition) is 5. The molecule has 114 valence electrons. The van der Waals surface area contributed by atoms with E-state index in [1.165, 1.54) is 11.3 Å². The second-order valence-electron chi connectivity index (χ2n) is 4.81. The zero-order valence-corrected chi connectivity index (χ0v) is 15.1. The molecule has 0 saturated carbocycles. The van der Waals surface area contributed by atoms with Gasteiger partial charge in [-0.2, -0.15) is 9.61 Å². The second-order valence-corrected chi connectivity index (χ2v) is 6.92. The summed E-state index contributed by atoms with van der Waals surface area (Å²) < 4.78 is 8.36. The monoisotopic (exact) mass is 434 g/mol. The zero-order chi connectivity index (χ0) is 15.8. The summed E-state index contributed by atoms with van der Waals surface area (Å²) in [5, 5.41) is 14.2. The number of hydrogen-bond donors (Lipinski definition) is 0. The molecule has 0 aliphatic carbocycles. The van der Waals surface area contributed by atoms with Crippen molar-refractivity contribution in [1.82, 2.24) is 19.8 Å². The molecule has 0 aliphatic rings. The summed E-state index contributed by atoms with van der Waals surface area (Å²) in [5.74, 6) is 1.44. The molecule has 0 spiro atoms. The lowest BCUT2D eigenvalue weighted by Crippen LogP contribution is -1.94. The van der Waals surface area contributed by atoms with Gasteiger partial charge in [0.05, 0.1) is 12.7 Å². The fourth-order valence-corrected chi connectivity index (χ4v) is 4.06. The molecule has 4 rings (SSSR count). The first-order chi connectivity index (χ1) is 11.3. The van der Waals surface area contributed by atoms with Crippen molar-refractivity contribution in [3.63, 3.8) is 0 Å². The van der Waals surface area contributed by atoms with Crippen LogP contribution in [0.4, 0.5) is 0 Å². The number of nitrogens with zero attached hydrogens (tertiary/aromatic N) is 4. The van der Waals surface area contributed by atoms with Crippen LogP contribution in [0.1, 0.15) is 0 Å². The first kappa shape index (κ1) is 14.6. The van der Waals surface area contributed by atoms with Crippen molar-refractivity contribution in [1.29, 1.82) is 0 Å². The Morgan fingerprint density at radius 3 is 2.52 bits per heavy atom. The van der Waals surface area contributed by atoms with Gasteiger partial charge in [-0.05, 0) is 40.8 Å². The predicted molar refractivity (Wildman–Crippen MR) is 98.8 cm³/mol. The Morgan fingerprint density at radius 2 is 1.74 bits per heavy atom. The van der Waals surface area contributed by atoms with E-state index in [1.807, 2.05) is 36.4 Å². The molecule has 23 heavy (non-hydrogen) atoms. The largest absolute Gasteiger partial charge is 0.496 e. The van der Waals surface area contributed by atoms with E-state index in [9.17, 15) is 0 Å². The van der Waals surface area contributed by atoms with E-state index < -0.39 is 0 Å². The molecule has 0 amide bonds.